The van der Waals surface area contributed by atoms with Crippen molar-refractivity contribution in [3.63, 3.8) is 0 Å². The van der Waals surface area contributed by atoms with Gasteiger partial charge in [0.1, 0.15) is 12.4 Å². The Morgan fingerprint density at radius 3 is 2.30 bits per heavy atom. The molecule has 23 heavy (non-hydrogen) atoms. The normalized spacial score (nSPS) is 13.2. The first kappa shape index (κ1) is 15.2. The second-order valence-corrected chi connectivity index (χ2v) is 5.14. The number of methoxy groups -OCH3 is 2. The molecule has 0 amide bonds. The molecule has 5 heteroatoms. The fraction of sp³-hybridized carbons (Fsp3) is 0.278. The van der Waals surface area contributed by atoms with E-state index in [0.717, 1.165) is 30.1 Å². The molecule has 0 saturated heterocycles. The zero-order valence-electron chi connectivity index (χ0n) is 13.3. The molecule has 0 aliphatic carbocycles. The highest BCUT2D eigenvalue weighted by molar-refractivity contribution is 6.00. The van der Waals surface area contributed by atoms with Crippen molar-refractivity contribution < 1.29 is 14.2 Å². The minimum atomic E-state index is 0.450. The van der Waals surface area contributed by atoms with Gasteiger partial charge in [0.15, 0.2) is 11.5 Å². The summed E-state index contributed by atoms with van der Waals surface area (Å²) in [5.74, 6) is 2.72. The molecule has 1 heterocycles. The van der Waals surface area contributed by atoms with E-state index in [2.05, 4.69) is 10.3 Å². The van der Waals surface area contributed by atoms with E-state index in [1.807, 2.05) is 42.5 Å². The Bertz CT molecular complexity index is 674. The predicted molar refractivity (Wildman–Crippen MR) is 89.7 cm³/mol. The lowest BCUT2D eigenvalue weighted by Gasteiger charge is -2.16. The number of hydrogen-bond donors (Lipinski definition) is 1. The highest BCUT2D eigenvalue weighted by Crippen LogP contribution is 2.39. The van der Waals surface area contributed by atoms with Crippen LogP contribution in [0.25, 0.3) is 0 Å². The van der Waals surface area contributed by atoms with Gasteiger partial charge in [-0.1, -0.05) is 30.3 Å². The highest BCUT2D eigenvalue weighted by atomic mass is 16.5. The second kappa shape index (κ2) is 7.05. The fourth-order valence-corrected chi connectivity index (χ4v) is 2.48. The largest absolute Gasteiger partial charge is 0.493 e. The van der Waals surface area contributed by atoms with Crippen molar-refractivity contribution in [2.24, 2.45) is 4.99 Å². The summed E-state index contributed by atoms with van der Waals surface area (Å²) < 4.78 is 16.9. The van der Waals surface area contributed by atoms with E-state index in [-0.39, 0.29) is 0 Å². The van der Waals surface area contributed by atoms with Gasteiger partial charge >= 0.3 is 0 Å². The minimum Gasteiger partial charge on any atom is -0.493 e. The van der Waals surface area contributed by atoms with E-state index in [1.54, 1.807) is 14.2 Å². The summed E-state index contributed by atoms with van der Waals surface area (Å²) in [6.07, 6.45) is 0. The monoisotopic (exact) mass is 312 g/mol. The molecular weight excluding hydrogens is 292 g/mol. The molecule has 2 aromatic rings. The van der Waals surface area contributed by atoms with E-state index in [0.29, 0.717) is 23.9 Å². The van der Waals surface area contributed by atoms with Gasteiger partial charge in [0, 0.05) is 12.1 Å². The van der Waals surface area contributed by atoms with Crippen LogP contribution in [-0.4, -0.2) is 33.1 Å². The van der Waals surface area contributed by atoms with Crippen molar-refractivity contribution >= 4 is 5.84 Å². The molecule has 1 N–H and O–H groups in total. The van der Waals surface area contributed by atoms with Crippen LogP contribution in [0.3, 0.4) is 0 Å². The highest BCUT2D eigenvalue weighted by Gasteiger charge is 2.18. The third-order valence-corrected chi connectivity index (χ3v) is 3.63. The molecule has 5 nitrogen and oxygen atoms in total. The van der Waals surface area contributed by atoms with Crippen LogP contribution in [0.4, 0.5) is 0 Å². The number of amidine groups is 1. The number of ether oxygens (including phenoxy) is 3. The molecule has 3 rings (SSSR count). The van der Waals surface area contributed by atoms with Gasteiger partial charge in [-0.2, -0.15) is 0 Å². The van der Waals surface area contributed by atoms with Crippen molar-refractivity contribution in [1.82, 2.24) is 5.32 Å². The number of hydrogen-bond acceptors (Lipinski definition) is 5. The van der Waals surface area contributed by atoms with E-state index in [4.69, 9.17) is 14.2 Å². The zero-order valence-corrected chi connectivity index (χ0v) is 13.3. The maximum absolute atomic E-state index is 5.94. The van der Waals surface area contributed by atoms with E-state index in [1.165, 1.54) is 0 Å². The van der Waals surface area contributed by atoms with Gasteiger partial charge in [0.05, 0.1) is 20.8 Å². The summed E-state index contributed by atoms with van der Waals surface area (Å²) in [7, 11) is 3.25. The summed E-state index contributed by atoms with van der Waals surface area (Å²) >= 11 is 0. The van der Waals surface area contributed by atoms with Gasteiger partial charge in [0.25, 0.3) is 0 Å². The Kier molecular flexibility index (Phi) is 4.66. The summed E-state index contributed by atoms with van der Waals surface area (Å²) in [5.41, 5.74) is 2.02. The maximum atomic E-state index is 5.94. The SMILES string of the molecule is COc1cc(C2=NCCN2)cc(OC)c1OCc1ccccc1. The summed E-state index contributed by atoms with van der Waals surface area (Å²) in [6, 6.07) is 13.8. The molecule has 0 unspecified atom stereocenters. The van der Waals surface area contributed by atoms with Gasteiger partial charge in [-0.15, -0.1) is 0 Å². The smallest absolute Gasteiger partial charge is 0.203 e. The maximum Gasteiger partial charge on any atom is 0.203 e. The van der Waals surface area contributed by atoms with Gasteiger partial charge < -0.3 is 19.5 Å². The minimum absolute atomic E-state index is 0.450. The predicted octanol–water partition coefficient (Wildman–Crippen LogP) is 2.63. The molecule has 0 bridgehead atoms. The van der Waals surface area contributed by atoms with Crippen molar-refractivity contribution in [1.29, 1.82) is 0 Å². The number of rotatable bonds is 6. The average Bonchev–Trinajstić information content (AvgIpc) is 3.14. The van der Waals surface area contributed by atoms with Crippen molar-refractivity contribution in [2.75, 3.05) is 27.3 Å². The summed E-state index contributed by atoms with van der Waals surface area (Å²) in [6.45, 7) is 2.09. The lowest BCUT2D eigenvalue weighted by Crippen LogP contribution is -2.19. The molecule has 0 fully saturated rings. The third kappa shape index (κ3) is 3.39. The van der Waals surface area contributed by atoms with Crippen LogP contribution in [0.15, 0.2) is 47.5 Å². The number of nitrogens with zero attached hydrogens (tertiary/aromatic N) is 1. The molecule has 1 aliphatic rings. The lowest BCUT2D eigenvalue weighted by molar-refractivity contribution is 0.266. The van der Waals surface area contributed by atoms with Crippen LogP contribution in [-0.2, 0) is 6.61 Å². The lowest BCUT2D eigenvalue weighted by atomic mass is 10.1. The van der Waals surface area contributed by atoms with Crippen LogP contribution in [0.5, 0.6) is 17.2 Å². The summed E-state index contributed by atoms with van der Waals surface area (Å²) in [4.78, 5) is 4.43. The first-order valence-electron chi connectivity index (χ1n) is 7.53. The van der Waals surface area contributed by atoms with E-state index < -0.39 is 0 Å². The zero-order chi connectivity index (χ0) is 16.1. The molecule has 2 aromatic carbocycles. The third-order valence-electron chi connectivity index (χ3n) is 3.63. The summed E-state index contributed by atoms with van der Waals surface area (Å²) in [5, 5.41) is 3.25. The molecular formula is C18H20N2O3. The second-order valence-electron chi connectivity index (χ2n) is 5.14. The van der Waals surface area contributed by atoms with Crippen LogP contribution < -0.4 is 19.5 Å². The first-order valence-corrected chi connectivity index (χ1v) is 7.53. The average molecular weight is 312 g/mol. The van der Waals surface area contributed by atoms with Gasteiger partial charge in [0.2, 0.25) is 5.75 Å². The molecule has 0 aromatic heterocycles. The molecule has 1 aliphatic heterocycles. The number of benzene rings is 2. The Morgan fingerprint density at radius 1 is 1.04 bits per heavy atom. The Morgan fingerprint density at radius 2 is 1.74 bits per heavy atom. The van der Waals surface area contributed by atoms with Crippen molar-refractivity contribution in [3.8, 4) is 17.2 Å². The van der Waals surface area contributed by atoms with Gasteiger partial charge in [-0.25, -0.2) is 0 Å². The molecule has 0 radical (unpaired) electrons. The molecule has 0 spiro atoms. The Labute approximate surface area is 135 Å². The number of nitrogens with one attached hydrogen (secondary N) is 1. The van der Waals surface area contributed by atoms with Gasteiger partial charge in [-0.3, -0.25) is 4.99 Å². The quantitative estimate of drug-likeness (QED) is 0.891. The number of aliphatic imine (C=N–C) groups is 1. The first-order chi connectivity index (χ1) is 11.3. The molecule has 0 atom stereocenters. The standard InChI is InChI=1S/C18H20N2O3/c1-21-15-10-14(18-19-8-9-20-18)11-16(22-2)17(15)23-12-13-6-4-3-5-7-13/h3-7,10-11H,8-9,12H2,1-2H3,(H,19,20). The Hall–Kier alpha value is -2.69. The van der Waals surface area contributed by atoms with Crippen LogP contribution in [0.2, 0.25) is 0 Å². The Balaban J connectivity index is 1.88. The van der Waals surface area contributed by atoms with Crippen molar-refractivity contribution in [2.45, 2.75) is 6.61 Å². The van der Waals surface area contributed by atoms with Crippen molar-refractivity contribution in [3.05, 3.63) is 53.6 Å². The van der Waals surface area contributed by atoms with Crippen LogP contribution >= 0.6 is 0 Å². The van der Waals surface area contributed by atoms with Gasteiger partial charge in [-0.05, 0) is 17.7 Å². The fourth-order valence-electron chi connectivity index (χ4n) is 2.48. The van der Waals surface area contributed by atoms with Crippen LogP contribution in [0.1, 0.15) is 11.1 Å². The molecule has 0 saturated carbocycles. The topological polar surface area (TPSA) is 52.1 Å². The molecule has 120 valence electrons. The van der Waals surface area contributed by atoms with E-state index >= 15 is 0 Å². The van der Waals surface area contributed by atoms with Crippen LogP contribution in [0, 0.1) is 0 Å². The van der Waals surface area contributed by atoms with E-state index in [9.17, 15) is 0 Å².